The molecule has 2 fully saturated rings. The van der Waals surface area contributed by atoms with Gasteiger partial charge in [0.1, 0.15) is 0 Å². The van der Waals surface area contributed by atoms with E-state index in [9.17, 15) is 4.79 Å². The van der Waals surface area contributed by atoms with E-state index in [-0.39, 0.29) is 11.9 Å². The Morgan fingerprint density at radius 3 is 2.68 bits per heavy atom. The second kappa shape index (κ2) is 6.20. The number of carbonyl (C=O) groups is 1. The number of rotatable bonds is 4. The van der Waals surface area contributed by atoms with E-state index in [1.54, 1.807) is 0 Å². The minimum atomic E-state index is -0.518. The Morgan fingerprint density at radius 1 is 1.42 bits per heavy atom. The number of amides is 1. The van der Waals surface area contributed by atoms with Gasteiger partial charge in [-0.25, -0.2) is 0 Å². The lowest BCUT2D eigenvalue weighted by Crippen LogP contribution is -2.62. The highest BCUT2D eigenvalue weighted by Crippen LogP contribution is 2.32. The predicted octanol–water partition coefficient (Wildman–Crippen LogP) is 0.483. The Hall–Kier alpha value is -0.650. The van der Waals surface area contributed by atoms with Gasteiger partial charge >= 0.3 is 0 Å². The Bertz CT molecular complexity index is 316. The van der Waals surface area contributed by atoms with E-state index in [4.69, 9.17) is 10.5 Å². The molecule has 5 heteroatoms. The molecule has 0 aromatic carbocycles. The van der Waals surface area contributed by atoms with Crippen LogP contribution in [-0.4, -0.2) is 54.7 Å². The first-order valence-corrected chi connectivity index (χ1v) is 7.43. The van der Waals surface area contributed by atoms with Crippen LogP contribution in [0.2, 0.25) is 0 Å². The molecule has 110 valence electrons. The Kier molecular flexibility index (Phi) is 4.81. The van der Waals surface area contributed by atoms with Gasteiger partial charge in [0, 0.05) is 25.2 Å². The van der Waals surface area contributed by atoms with Crippen molar-refractivity contribution < 1.29 is 9.53 Å². The zero-order chi connectivity index (χ0) is 13.9. The predicted molar refractivity (Wildman–Crippen MR) is 74.8 cm³/mol. The summed E-state index contributed by atoms with van der Waals surface area (Å²) in [4.78, 5) is 14.4. The fourth-order valence-corrected chi connectivity index (χ4v) is 3.48. The highest BCUT2D eigenvalue weighted by molar-refractivity contribution is 5.85. The third kappa shape index (κ3) is 3.46. The topological polar surface area (TPSA) is 67.6 Å². The third-order valence-corrected chi connectivity index (χ3v) is 4.32. The maximum absolute atomic E-state index is 12.0. The Morgan fingerprint density at radius 2 is 2.11 bits per heavy atom. The molecule has 0 spiro atoms. The summed E-state index contributed by atoms with van der Waals surface area (Å²) < 4.78 is 5.41. The molecule has 1 saturated heterocycles. The summed E-state index contributed by atoms with van der Waals surface area (Å²) in [5, 5.41) is 3.43. The molecule has 1 amide bonds. The van der Waals surface area contributed by atoms with Gasteiger partial charge in [0.2, 0.25) is 5.91 Å². The molecule has 0 aromatic heterocycles. The lowest BCUT2D eigenvalue weighted by atomic mass is 9.77. The van der Waals surface area contributed by atoms with Crippen LogP contribution in [0.4, 0.5) is 0 Å². The van der Waals surface area contributed by atoms with Crippen LogP contribution in [-0.2, 0) is 9.53 Å². The van der Waals surface area contributed by atoms with Crippen LogP contribution in [0.15, 0.2) is 0 Å². The van der Waals surface area contributed by atoms with Crippen LogP contribution in [0.25, 0.3) is 0 Å². The van der Waals surface area contributed by atoms with Gasteiger partial charge in [0.15, 0.2) is 0 Å². The number of nitrogens with zero attached hydrogens (tertiary/aromatic N) is 1. The summed E-state index contributed by atoms with van der Waals surface area (Å²) in [6.07, 6.45) is 3.92. The Labute approximate surface area is 115 Å². The van der Waals surface area contributed by atoms with E-state index in [2.05, 4.69) is 24.1 Å². The van der Waals surface area contributed by atoms with Crippen molar-refractivity contribution in [1.29, 1.82) is 0 Å². The third-order valence-electron chi connectivity index (χ3n) is 4.32. The molecule has 0 aromatic rings. The molecular weight excluding hydrogens is 242 g/mol. The summed E-state index contributed by atoms with van der Waals surface area (Å²) in [5.41, 5.74) is 5.18. The second-order valence-electron chi connectivity index (χ2n) is 6.14. The minimum absolute atomic E-state index is 0.195. The molecule has 1 heterocycles. The number of nitrogens with two attached hydrogens (primary N) is 1. The van der Waals surface area contributed by atoms with Crippen LogP contribution in [0, 0.1) is 0 Å². The molecule has 3 N–H and O–H groups in total. The molecule has 1 aliphatic heterocycles. The van der Waals surface area contributed by atoms with Crippen molar-refractivity contribution in [3.63, 3.8) is 0 Å². The Balaban J connectivity index is 2.06. The standard InChI is InChI=1S/C14H27N3O2/c1-11(2)16-14(13(15)18)5-3-4-12(10-14)17-6-8-19-9-7-17/h11-12,16H,3-10H2,1-2H3,(H2,15,18). The fourth-order valence-electron chi connectivity index (χ4n) is 3.48. The molecule has 2 rings (SSSR count). The van der Waals surface area contributed by atoms with Crippen LogP contribution >= 0.6 is 0 Å². The lowest BCUT2D eigenvalue weighted by Gasteiger charge is -2.45. The van der Waals surface area contributed by atoms with Gasteiger partial charge in [-0.05, 0) is 39.5 Å². The van der Waals surface area contributed by atoms with E-state index < -0.39 is 5.54 Å². The van der Waals surface area contributed by atoms with Gasteiger partial charge in [-0.15, -0.1) is 0 Å². The zero-order valence-electron chi connectivity index (χ0n) is 12.2. The van der Waals surface area contributed by atoms with Crippen molar-refractivity contribution in [1.82, 2.24) is 10.2 Å². The van der Waals surface area contributed by atoms with Crippen molar-refractivity contribution >= 4 is 5.91 Å². The average molecular weight is 269 g/mol. The lowest BCUT2D eigenvalue weighted by molar-refractivity contribution is -0.127. The zero-order valence-corrected chi connectivity index (χ0v) is 12.2. The quantitative estimate of drug-likeness (QED) is 0.779. The normalized spacial score (nSPS) is 33.5. The molecular formula is C14H27N3O2. The van der Waals surface area contributed by atoms with Gasteiger partial charge in [-0.1, -0.05) is 0 Å². The largest absolute Gasteiger partial charge is 0.379 e. The molecule has 19 heavy (non-hydrogen) atoms. The van der Waals surface area contributed by atoms with Crippen molar-refractivity contribution in [2.45, 2.75) is 57.2 Å². The fraction of sp³-hybridized carbons (Fsp3) is 0.929. The molecule has 1 saturated carbocycles. The van der Waals surface area contributed by atoms with Gasteiger partial charge in [0.05, 0.1) is 18.8 Å². The van der Waals surface area contributed by atoms with E-state index in [1.165, 1.54) is 0 Å². The molecule has 2 unspecified atom stereocenters. The number of hydrogen-bond acceptors (Lipinski definition) is 4. The molecule has 2 atom stereocenters. The summed E-state index contributed by atoms with van der Waals surface area (Å²) in [6, 6.07) is 0.729. The van der Waals surface area contributed by atoms with Gasteiger partial charge in [-0.2, -0.15) is 0 Å². The van der Waals surface area contributed by atoms with Crippen molar-refractivity contribution in [2.24, 2.45) is 5.73 Å². The second-order valence-corrected chi connectivity index (χ2v) is 6.14. The number of nitrogens with one attached hydrogen (secondary N) is 1. The molecule has 1 aliphatic carbocycles. The first kappa shape index (κ1) is 14.8. The van der Waals surface area contributed by atoms with Gasteiger partial charge in [0.25, 0.3) is 0 Å². The number of carbonyl (C=O) groups excluding carboxylic acids is 1. The van der Waals surface area contributed by atoms with Crippen molar-refractivity contribution in [3.8, 4) is 0 Å². The first-order valence-electron chi connectivity index (χ1n) is 7.43. The van der Waals surface area contributed by atoms with Crippen LogP contribution in [0.5, 0.6) is 0 Å². The number of ether oxygens (including phenoxy) is 1. The van der Waals surface area contributed by atoms with Crippen LogP contribution in [0.3, 0.4) is 0 Å². The summed E-state index contributed by atoms with van der Waals surface area (Å²) >= 11 is 0. The monoisotopic (exact) mass is 269 g/mol. The molecule has 5 nitrogen and oxygen atoms in total. The molecule has 0 bridgehead atoms. The van der Waals surface area contributed by atoms with Gasteiger partial charge in [-0.3, -0.25) is 9.69 Å². The minimum Gasteiger partial charge on any atom is -0.379 e. The average Bonchev–Trinajstić information content (AvgIpc) is 2.39. The van der Waals surface area contributed by atoms with E-state index in [0.29, 0.717) is 6.04 Å². The van der Waals surface area contributed by atoms with Crippen molar-refractivity contribution in [3.05, 3.63) is 0 Å². The van der Waals surface area contributed by atoms with E-state index >= 15 is 0 Å². The maximum atomic E-state index is 12.0. The maximum Gasteiger partial charge on any atom is 0.237 e. The van der Waals surface area contributed by atoms with Crippen molar-refractivity contribution in [2.75, 3.05) is 26.3 Å². The van der Waals surface area contributed by atoms with E-state index in [1.807, 2.05) is 0 Å². The van der Waals surface area contributed by atoms with Crippen LogP contribution < -0.4 is 11.1 Å². The summed E-state index contributed by atoms with van der Waals surface area (Å²) in [7, 11) is 0. The highest BCUT2D eigenvalue weighted by atomic mass is 16.5. The molecule has 0 radical (unpaired) electrons. The smallest absolute Gasteiger partial charge is 0.237 e. The highest BCUT2D eigenvalue weighted by Gasteiger charge is 2.43. The number of morpholine rings is 1. The van der Waals surface area contributed by atoms with Crippen LogP contribution in [0.1, 0.15) is 39.5 Å². The molecule has 2 aliphatic rings. The summed E-state index contributed by atoms with van der Waals surface area (Å²) in [5.74, 6) is -0.195. The number of primary amides is 1. The number of hydrogen-bond donors (Lipinski definition) is 2. The summed E-state index contributed by atoms with van der Waals surface area (Å²) in [6.45, 7) is 7.70. The SMILES string of the molecule is CC(C)NC1(C(N)=O)CCCC(N2CCOCC2)C1. The van der Waals surface area contributed by atoms with E-state index in [0.717, 1.165) is 52.0 Å². The van der Waals surface area contributed by atoms with Gasteiger partial charge < -0.3 is 15.8 Å². The first-order chi connectivity index (χ1) is 9.03.